The normalized spacial score (nSPS) is 11.6. The third kappa shape index (κ3) is 11.7. The molecule has 0 heterocycles. The Morgan fingerprint density at radius 2 is 0.952 bits per heavy atom. The van der Waals surface area contributed by atoms with E-state index in [9.17, 15) is 19.2 Å². The van der Waals surface area contributed by atoms with Crippen LogP contribution < -0.4 is 9.47 Å². The molecule has 0 aliphatic heterocycles. The predicted octanol–water partition coefficient (Wildman–Crippen LogP) is 4.97. The summed E-state index contributed by atoms with van der Waals surface area (Å²) < 4.78 is 33.6. The van der Waals surface area contributed by atoms with Gasteiger partial charge in [-0.25, -0.2) is 19.2 Å². The van der Waals surface area contributed by atoms with E-state index in [1.165, 1.54) is 0 Å². The van der Waals surface area contributed by atoms with Crippen LogP contribution in [0.2, 0.25) is 0 Å². The van der Waals surface area contributed by atoms with Gasteiger partial charge in [0.15, 0.2) is 12.2 Å². The maximum absolute atomic E-state index is 11.7. The molecule has 0 spiro atoms. The molecule has 0 saturated heterocycles. The summed E-state index contributed by atoms with van der Waals surface area (Å²) in [7, 11) is 0. The number of hydrogen-bond acceptors (Lipinski definition) is 10. The van der Waals surface area contributed by atoms with Gasteiger partial charge in [0.05, 0.1) is 7.14 Å². The second-order valence-corrected chi connectivity index (χ2v) is 10.4. The van der Waals surface area contributed by atoms with Gasteiger partial charge in [0.2, 0.25) is 0 Å². The zero-order valence-electron chi connectivity index (χ0n) is 22.4. The van der Waals surface area contributed by atoms with E-state index in [-0.39, 0.29) is 26.4 Å². The van der Waals surface area contributed by atoms with E-state index in [4.69, 9.17) is 28.4 Å². The first-order chi connectivity index (χ1) is 20.1. The van der Waals surface area contributed by atoms with Gasteiger partial charge >= 0.3 is 23.9 Å². The fourth-order valence-electron chi connectivity index (χ4n) is 3.09. The Hall–Kier alpha value is -3.66. The Balaban J connectivity index is 2.08. The molecule has 0 aromatic heterocycles. The number of halogens is 2. The van der Waals surface area contributed by atoms with Crippen molar-refractivity contribution in [2.45, 2.75) is 12.2 Å². The van der Waals surface area contributed by atoms with Crippen LogP contribution in [0.5, 0.6) is 11.5 Å². The topological polar surface area (TPSA) is 124 Å². The standard InChI is InChI=1S/C30H28I2O10/c1-5-27(33)39-17-21(41-29(35)7-3)15-37-25-11-9-19(13-23(25)31)20-10-12-26(24(32)14-20)38-16-22(42-30(36)8-4)18-40-28(34)6-2/h5-14,21-22H,1-4,15-18H2. The number of carbonyl (C=O) groups excluding carboxylic acids is 4. The SMILES string of the molecule is C=CC(=O)OCC(COc1ccc(-c2ccc(OCC(COC(=O)C=C)OC(=O)C=C)c(I)c2)cc1I)OC(=O)C=C. The monoisotopic (exact) mass is 802 g/mol. The molecule has 42 heavy (non-hydrogen) atoms. The lowest BCUT2D eigenvalue weighted by Gasteiger charge is -2.19. The maximum Gasteiger partial charge on any atom is 0.330 e. The fraction of sp³-hybridized carbons (Fsp3) is 0.200. The van der Waals surface area contributed by atoms with Crippen molar-refractivity contribution >= 4 is 69.1 Å². The zero-order valence-corrected chi connectivity index (χ0v) is 26.7. The number of rotatable bonds is 17. The highest BCUT2D eigenvalue weighted by Gasteiger charge is 2.19. The minimum atomic E-state index is -0.849. The number of hydrogen-bond donors (Lipinski definition) is 0. The first kappa shape index (κ1) is 34.5. The van der Waals surface area contributed by atoms with E-state index < -0.39 is 36.1 Å². The van der Waals surface area contributed by atoms with Crippen molar-refractivity contribution in [3.8, 4) is 22.6 Å². The lowest BCUT2D eigenvalue weighted by atomic mass is 10.1. The largest absolute Gasteiger partial charge is 0.488 e. The van der Waals surface area contributed by atoms with Crippen LogP contribution in [-0.2, 0) is 38.1 Å². The predicted molar refractivity (Wildman–Crippen MR) is 171 cm³/mol. The highest BCUT2D eigenvalue weighted by molar-refractivity contribution is 14.1. The summed E-state index contributed by atoms with van der Waals surface area (Å²) in [6, 6.07) is 11.1. The fourth-order valence-corrected chi connectivity index (χ4v) is 4.43. The van der Waals surface area contributed by atoms with Gasteiger partial charge in [-0.2, -0.15) is 0 Å². The molecule has 0 aliphatic rings. The Kier molecular flexibility index (Phi) is 14.8. The van der Waals surface area contributed by atoms with Gasteiger partial charge in [-0.15, -0.1) is 0 Å². The zero-order chi connectivity index (χ0) is 31.1. The van der Waals surface area contributed by atoms with E-state index in [2.05, 4.69) is 71.5 Å². The molecule has 2 aromatic carbocycles. The third-order valence-corrected chi connectivity index (χ3v) is 6.79. The molecular weight excluding hydrogens is 774 g/mol. The van der Waals surface area contributed by atoms with Gasteiger partial charge in [0, 0.05) is 24.3 Å². The van der Waals surface area contributed by atoms with Gasteiger partial charge < -0.3 is 28.4 Å². The third-order valence-electron chi connectivity index (χ3n) is 5.10. The molecule has 0 N–H and O–H groups in total. The van der Waals surface area contributed by atoms with E-state index in [0.717, 1.165) is 42.6 Å². The summed E-state index contributed by atoms with van der Waals surface area (Å²) in [5.41, 5.74) is 1.81. The second kappa shape index (κ2) is 18.0. The van der Waals surface area contributed by atoms with Crippen LogP contribution >= 0.6 is 45.2 Å². The molecule has 2 rings (SSSR count). The van der Waals surface area contributed by atoms with Gasteiger partial charge in [-0.1, -0.05) is 38.4 Å². The van der Waals surface area contributed by atoms with E-state index in [1.54, 1.807) is 12.1 Å². The molecular formula is C30H28I2O10. The summed E-state index contributed by atoms with van der Waals surface area (Å²) >= 11 is 4.26. The van der Waals surface area contributed by atoms with Gasteiger partial charge in [-0.3, -0.25) is 0 Å². The Bertz CT molecular complexity index is 1240. The van der Waals surface area contributed by atoms with Crippen molar-refractivity contribution in [3.63, 3.8) is 0 Å². The molecule has 2 unspecified atom stereocenters. The van der Waals surface area contributed by atoms with E-state index in [1.807, 2.05) is 24.3 Å². The lowest BCUT2D eigenvalue weighted by molar-refractivity contribution is -0.154. The van der Waals surface area contributed by atoms with Crippen molar-refractivity contribution in [3.05, 3.63) is 94.2 Å². The number of esters is 4. The van der Waals surface area contributed by atoms with Crippen molar-refractivity contribution in [2.75, 3.05) is 26.4 Å². The van der Waals surface area contributed by atoms with Crippen LogP contribution in [0.4, 0.5) is 0 Å². The number of ether oxygens (including phenoxy) is 6. The van der Waals surface area contributed by atoms with E-state index in [0.29, 0.717) is 11.5 Å². The van der Waals surface area contributed by atoms with Crippen LogP contribution in [0.1, 0.15) is 0 Å². The summed E-state index contributed by atoms with van der Waals surface area (Å²) in [5.74, 6) is -1.55. The Labute approximate surface area is 270 Å². The molecule has 10 nitrogen and oxygen atoms in total. The minimum Gasteiger partial charge on any atom is -0.488 e. The van der Waals surface area contributed by atoms with Crippen LogP contribution in [0.3, 0.4) is 0 Å². The summed E-state index contributed by atoms with van der Waals surface area (Å²) in [4.78, 5) is 46.1. The van der Waals surface area contributed by atoms with Crippen molar-refractivity contribution in [2.24, 2.45) is 0 Å². The summed E-state index contributed by atoms with van der Waals surface area (Å²) in [5, 5.41) is 0. The lowest BCUT2D eigenvalue weighted by Crippen LogP contribution is -2.30. The average Bonchev–Trinajstić information content (AvgIpc) is 2.99. The summed E-state index contributed by atoms with van der Waals surface area (Å²) in [6.07, 6.45) is 2.34. The van der Waals surface area contributed by atoms with Gasteiger partial charge in [-0.05, 0) is 80.6 Å². The smallest absolute Gasteiger partial charge is 0.330 e. The van der Waals surface area contributed by atoms with Crippen LogP contribution in [0.25, 0.3) is 11.1 Å². The minimum absolute atomic E-state index is 0.0564. The molecule has 0 saturated carbocycles. The highest BCUT2D eigenvalue weighted by Crippen LogP contribution is 2.32. The van der Waals surface area contributed by atoms with Crippen molar-refractivity contribution in [1.29, 1.82) is 0 Å². The highest BCUT2D eigenvalue weighted by atomic mass is 127. The molecule has 0 bridgehead atoms. The van der Waals surface area contributed by atoms with Gasteiger partial charge in [0.25, 0.3) is 0 Å². The number of benzene rings is 2. The molecule has 12 heteroatoms. The second-order valence-electron chi connectivity index (χ2n) is 8.11. The maximum atomic E-state index is 11.7. The average molecular weight is 802 g/mol. The molecule has 0 amide bonds. The molecule has 2 atom stereocenters. The first-order valence-electron chi connectivity index (χ1n) is 12.2. The van der Waals surface area contributed by atoms with Gasteiger partial charge in [0.1, 0.15) is 37.9 Å². The Morgan fingerprint density at radius 3 is 1.26 bits per heavy atom. The van der Waals surface area contributed by atoms with Crippen molar-refractivity contribution in [1.82, 2.24) is 0 Å². The molecule has 0 radical (unpaired) electrons. The Morgan fingerprint density at radius 1 is 0.595 bits per heavy atom. The molecule has 0 aliphatic carbocycles. The summed E-state index contributed by atoms with van der Waals surface area (Å²) in [6.45, 7) is 12.9. The van der Waals surface area contributed by atoms with Crippen LogP contribution in [0, 0.1) is 7.14 Å². The molecule has 2 aromatic rings. The molecule has 222 valence electrons. The van der Waals surface area contributed by atoms with Crippen molar-refractivity contribution < 1.29 is 47.6 Å². The van der Waals surface area contributed by atoms with Crippen LogP contribution in [-0.4, -0.2) is 62.5 Å². The molecule has 0 fully saturated rings. The first-order valence-corrected chi connectivity index (χ1v) is 14.3. The number of carbonyl (C=O) groups is 4. The quantitative estimate of drug-likeness (QED) is 0.0938. The van der Waals surface area contributed by atoms with E-state index >= 15 is 0 Å². The van der Waals surface area contributed by atoms with Crippen LogP contribution in [0.15, 0.2) is 87.0 Å².